The summed E-state index contributed by atoms with van der Waals surface area (Å²) in [5.41, 5.74) is 4.92. The van der Waals surface area contributed by atoms with Crippen molar-refractivity contribution in [3.63, 3.8) is 0 Å². The summed E-state index contributed by atoms with van der Waals surface area (Å²) in [6.45, 7) is -0.367. The van der Waals surface area contributed by atoms with Crippen LogP contribution in [0.1, 0.15) is 0 Å². The molecule has 1 rings (SSSR count). The maximum Gasteiger partial charge on any atom is 0.247 e. The first-order valence-corrected chi connectivity index (χ1v) is 3.37. The average molecular weight is 161 g/mol. The van der Waals surface area contributed by atoms with E-state index in [-0.39, 0.29) is 19.1 Å². The van der Waals surface area contributed by atoms with Crippen molar-refractivity contribution in [2.75, 3.05) is 13.2 Å². The summed E-state index contributed by atoms with van der Waals surface area (Å²) >= 11 is 0. The van der Waals surface area contributed by atoms with Crippen molar-refractivity contribution in [3.8, 4) is 0 Å². The number of nitrogens with two attached hydrogens (primary N) is 1. The number of primary amides is 1. The van der Waals surface area contributed by atoms with Crippen LogP contribution in [-0.4, -0.2) is 41.5 Å². The highest BCUT2D eigenvalue weighted by Gasteiger charge is 2.44. The van der Waals surface area contributed by atoms with Gasteiger partial charge in [0.25, 0.3) is 0 Å². The molecule has 4 N–H and O–H groups in total. The molecule has 0 spiro atoms. The van der Waals surface area contributed by atoms with Crippen LogP contribution in [0.4, 0.5) is 0 Å². The Morgan fingerprint density at radius 1 is 1.45 bits per heavy atom. The summed E-state index contributed by atoms with van der Waals surface area (Å²) in [6, 6.07) is 0. The highest BCUT2D eigenvalue weighted by Crippen LogP contribution is 2.27. The van der Waals surface area contributed by atoms with Crippen LogP contribution in [0.25, 0.3) is 0 Å². The Hall–Kier alpha value is -0.650. The van der Waals surface area contributed by atoms with Crippen LogP contribution < -0.4 is 5.73 Å². The van der Waals surface area contributed by atoms with Gasteiger partial charge in [0.2, 0.25) is 5.91 Å². The molecule has 1 heterocycles. The van der Waals surface area contributed by atoms with Crippen LogP contribution in [-0.2, 0) is 9.53 Å². The molecular formula is C6H11NO4. The van der Waals surface area contributed by atoms with Gasteiger partial charge in [-0.05, 0) is 0 Å². The van der Waals surface area contributed by atoms with Crippen LogP contribution in [0.15, 0.2) is 0 Å². The molecule has 64 valence electrons. The van der Waals surface area contributed by atoms with E-state index in [4.69, 9.17) is 20.7 Å². The van der Waals surface area contributed by atoms with Crippen molar-refractivity contribution < 1.29 is 19.7 Å². The molecule has 0 radical (unpaired) electrons. The minimum Gasteiger partial charge on any atom is -0.396 e. The van der Waals surface area contributed by atoms with Crippen molar-refractivity contribution in [2.45, 2.75) is 12.2 Å². The summed E-state index contributed by atoms with van der Waals surface area (Å²) in [5.74, 6) is -0.925. The molecule has 1 aliphatic rings. The summed E-state index contributed by atoms with van der Waals surface area (Å²) in [4.78, 5) is 10.5. The normalized spacial score (nSPS) is 36.4. The second-order valence-electron chi connectivity index (χ2n) is 2.53. The van der Waals surface area contributed by atoms with Crippen LogP contribution in [0, 0.1) is 5.92 Å². The SMILES string of the molecule is NC(=O)[C@@H]1O[C@H](CO)[C@H]1CO. The maximum atomic E-state index is 10.5. The second kappa shape index (κ2) is 3.17. The van der Waals surface area contributed by atoms with E-state index in [0.29, 0.717) is 0 Å². The Morgan fingerprint density at radius 3 is 2.45 bits per heavy atom. The van der Waals surface area contributed by atoms with Crippen LogP contribution in [0.5, 0.6) is 0 Å². The van der Waals surface area contributed by atoms with Gasteiger partial charge < -0.3 is 20.7 Å². The third-order valence-electron chi connectivity index (χ3n) is 1.86. The highest BCUT2D eigenvalue weighted by atomic mass is 16.5. The van der Waals surface area contributed by atoms with Gasteiger partial charge in [-0.25, -0.2) is 0 Å². The molecule has 1 fully saturated rings. The van der Waals surface area contributed by atoms with Crippen molar-refractivity contribution >= 4 is 5.91 Å². The van der Waals surface area contributed by atoms with Crippen molar-refractivity contribution in [1.82, 2.24) is 0 Å². The van der Waals surface area contributed by atoms with Gasteiger partial charge in [-0.15, -0.1) is 0 Å². The fourth-order valence-electron chi connectivity index (χ4n) is 1.17. The first-order chi connectivity index (χ1) is 5.20. The van der Waals surface area contributed by atoms with Gasteiger partial charge in [0.05, 0.1) is 19.3 Å². The molecule has 0 aliphatic carbocycles. The number of ether oxygens (including phenoxy) is 1. The molecule has 1 saturated heterocycles. The van der Waals surface area contributed by atoms with Crippen molar-refractivity contribution in [3.05, 3.63) is 0 Å². The molecule has 5 nitrogen and oxygen atoms in total. The monoisotopic (exact) mass is 161 g/mol. The number of aliphatic hydroxyl groups excluding tert-OH is 2. The first-order valence-electron chi connectivity index (χ1n) is 3.37. The lowest BCUT2D eigenvalue weighted by Crippen LogP contribution is -2.58. The van der Waals surface area contributed by atoms with Crippen molar-refractivity contribution in [1.29, 1.82) is 0 Å². The largest absolute Gasteiger partial charge is 0.396 e. The van der Waals surface area contributed by atoms with E-state index >= 15 is 0 Å². The molecule has 11 heavy (non-hydrogen) atoms. The zero-order valence-corrected chi connectivity index (χ0v) is 5.93. The van der Waals surface area contributed by atoms with E-state index in [9.17, 15) is 4.79 Å². The summed E-state index contributed by atoms with van der Waals surface area (Å²) in [7, 11) is 0. The molecule has 3 atom stereocenters. The number of amides is 1. The lowest BCUT2D eigenvalue weighted by atomic mass is 9.90. The first kappa shape index (κ1) is 8.45. The smallest absolute Gasteiger partial charge is 0.247 e. The molecule has 0 aromatic heterocycles. The highest BCUT2D eigenvalue weighted by molar-refractivity contribution is 5.80. The fraction of sp³-hybridized carbons (Fsp3) is 0.833. The Balaban J connectivity index is 2.45. The van der Waals surface area contributed by atoms with E-state index in [1.807, 2.05) is 0 Å². The summed E-state index contributed by atoms with van der Waals surface area (Å²) in [5, 5.41) is 17.3. The number of aliphatic hydroxyl groups is 2. The van der Waals surface area contributed by atoms with Gasteiger partial charge in [-0.2, -0.15) is 0 Å². The Morgan fingerprint density at radius 2 is 2.09 bits per heavy atom. The van der Waals surface area contributed by atoms with Gasteiger partial charge in [0.15, 0.2) is 0 Å². The molecule has 0 aromatic carbocycles. The standard InChI is InChI=1S/C6H11NO4/c7-6(10)5-3(1-8)4(2-9)11-5/h3-5,8-9H,1-2H2,(H2,7,10)/t3-,4-,5-/m1/s1. The number of hydrogen-bond donors (Lipinski definition) is 3. The van der Waals surface area contributed by atoms with E-state index in [1.165, 1.54) is 0 Å². The summed E-state index contributed by atoms with van der Waals surface area (Å²) in [6.07, 6.45) is -1.16. The molecule has 0 aromatic rings. The van der Waals surface area contributed by atoms with Crippen LogP contribution in [0.2, 0.25) is 0 Å². The maximum absolute atomic E-state index is 10.5. The fourth-order valence-corrected chi connectivity index (χ4v) is 1.17. The Bertz CT molecular complexity index is 161. The summed E-state index contributed by atoms with van der Waals surface area (Å²) < 4.78 is 4.87. The Labute approximate surface area is 63.8 Å². The minimum atomic E-state index is -0.725. The molecule has 1 amide bonds. The number of rotatable bonds is 3. The molecule has 5 heteroatoms. The molecule has 0 saturated carbocycles. The van der Waals surface area contributed by atoms with E-state index < -0.39 is 18.1 Å². The van der Waals surface area contributed by atoms with E-state index in [1.54, 1.807) is 0 Å². The Kier molecular flexibility index (Phi) is 2.43. The quantitative estimate of drug-likeness (QED) is 0.439. The van der Waals surface area contributed by atoms with Gasteiger partial charge in [-0.3, -0.25) is 4.79 Å². The molecule has 0 bridgehead atoms. The minimum absolute atomic E-state index is 0.182. The molecular weight excluding hydrogens is 150 g/mol. The average Bonchev–Trinajstić information content (AvgIpc) is 1.86. The van der Waals surface area contributed by atoms with Crippen LogP contribution in [0.3, 0.4) is 0 Å². The number of carbonyl (C=O) groups is 1. The second-order valence-corrected chi connectivity index (χ2v) is 2.53. The predicted molar refractivity (Wildman–Crippen MR) is 35.5 cm³/mol. The van der Waals surface area contributed by atoms with Gasteiger partial charge >= 0.3 is 0 Å². The lowest BCUT2D eigenvalue weighted by molar-refractivity contribution is -0.208. The lowest BCUT2D eigenvalue weighted by Gasteiger charge is -2.40. The number of carbonyl (C=O) groups excluding carboxylic acids is 1. The zero-order chi connectivity index (χ0) is 8.43. The van der Waals surface area contributed by atoms with Gasteiger partial charge in [-0.1, -0.05) is 0 Å². The van der Waals surface area contributed by atoms with Gasteiger partial charge in [0, 0.05) is 5.92 Å². The topological polar surface area (TPSA) is 92.8 Å². The van der Waals surface area contributed by atoms with E-state index in [0.717, 1.165) is 0 Å². The van der Waals surface area contributed by atoms with Crippen LogP contribution >= 0.6 is 0 Å². The third-order valence-corrected chi connectivity index (χ3v) is 1.86. The zero-order valence-electron chi connectivity index (χ0n) is 5.93. The molecule has 1 aliphatic heterocycles. The van der Waals surface area contributed by atoms with E-state index in [2.05, 4.69) is 0 Å². The number of hydrogen-bond acceptors (Lipinski definition) is 4. The predicted octanol–water partition coefficient (Wildman–Crippen LogP) is -2.16. The molecule has 0 unspecified atom stereocenters. The van der Waals surface area contributed by atoms with Gasteiger partial charge in [0.1, 0.15) is 6.10 Å². The van der Waals surface area contributed by atoms with Crippen molar-refractivity contribution in [2.24, 2.45) is 11.7 Å². The third kappa shape index (κ3) is 1.35.